The van der Waals surface area contributed by atoms with E-state index in [-0.39, 0.29) is 11.7 Å². The number of hydrogen-bond acceptors (Lipinski definition) is 4. The van der Waals surface area contributed by atoms with E-state index in [9.17, 15) is 4.79 Å². The molecule has 0 aromatic carbocycles. The number of rotatable bonds is 3. The van der Waals surface area contributed by atoms with E-state index in [1.807, 2.05) is 6.92 Å². The molecule has 84 valence electrons. The summed E-state index contributed by atoms with van der Waals surface area (Å²) < 4.78 is 0. The van der Waals surface area contributed by atoms with Gasteiger partial charge in [-0.05, 0) is 13.3 Å². The molecule has 0 spiro atoms. The Kier molecular flexibility index (Phi) is 2.67. The number of aromatic nitrogens is 5. The van der Waals surface area contributed by atoms with Crippen molar-refractivity contribution in [2.45, 2.75) is 20.3 Å². The Morgan fingerprint density at radius 3 is 2.94 bits per heavy atom. The molecule has 2 aromatic heterocycles. The van der Waals surface area contributed by atoms with Crippen LogP contribution < -0.4 is 5.32 Å². The SMILES string of the molecule is CCc1cn[nH]c1NC(=O)c1n[nH]c(C)n1. The maximum absolute atomic E-state index is 11.7. The highest BCUT2D eigenvalue weighted by Gasteiger charge is 2.13. The molecule has 0 unspecified atom stereocenters. The summed E-state index contributed by atoms with van der Waals surface area (Å²) in [6, 6.07) is 0. The van der Waals surface area contributed by atoms with Crippen molar-refractivity contribution in [1.29, 1.82) is 0 Å². The average molecular weight is 220 g/mol. The number of carbonyl (C=O) groups excluding carboxylic acids is 1. The average Bonchev–Trinajstić information content (AvgIpc) is 2.86. The normalized spacial score (nSPS) is 10.4. The summed E-state index contributed by atoms with van der Waals surface area (Å²) in [7, 11) is 0. The largest absolute Gasteiger partial charge is 0.304 e. The Morgan fingerprint density at radius 2 is 2.31 bits per heavy atom. The van der Waals surface area contributed by atoms with Crippen LogP contribution in [0.1, 0.15) is 28.9 Å². The van der Waals surface area contributed by atoms with Crippen molar-refractivity contribution < 1.29 is 4.79 Å². The molecule has 0 aliphatic carbocycles. The monoisotopic (exact) mass is 220 g/mol. The fourth-order valence-corrected chi connectivity index (χ4v) is 1.30. The van der Waals surface area contributed by atoms with E-state index in [0.29, 0.717) is 11.6 Å². The standard InChI is InChI=1S/C9H12N6O/c1-3-6-4-10-14-7(6)12-9(16)8-11-5(2)13-15-8/h4H,3H2,1-2H3,(H,11,13,15)(H2,10,12,14,16). The minimum absolute atomic E-state index is 0.120. The van der Waals surface area contributed by atoms with Crippen LogP contribution in [-0.2, 0) is 6.42 Å². The molecule has 7 nitrogen and oxygen atoms in total. The molecule has 0 radical (unpaired) electrons. The third-order valence-corrected chi connectivity index (χ3v) is 2.14. The first kappa shape index (κ1) is 10.3. The number of nitrogens with one attached hydrogen (secondary N) is 3. The van der Waals surface area contributed by atoms with Crippen molar-refractivity contribution in [3.63, 3.8) is 0 Å². The summed E-state index contributed by atoms with van der Waals surface area (Å²) in [6.45, 7) is 3.72. The van der Waals surface area contributed by atoms with Gasteiger partial charge in [-0.25, -0.2) is 4.98 Å². The Labute approximate surface area is 91.7 Å². The van der Waals surface area contributed by atoms with E-state index in [1.54, 1.807) is 13.1 Å². The second-order valence-corrected chi connectivity index (χ2v) is 3.32. The molecule has 0 saturated heterocycles. The number of carbonyl (C=O) groups is 1. The first-order valence-corrected chi connectivity index (χ1v) is 4.93. The molecule has 2 aromatic rings. The first-order chi connectivity index (χ1) is 7.70. The molecular formula is C9H12N6O. The molecule has 0 aliphatic rings. The minimum atomic E-state index is -0.358. The fourth-order valence-electron chi connectivity index (χ4n) is 1.30. The molecule has 0 fully saturated rings. The Balaban J connectivity index is 2.13. The van der Waals surface area contributed by atoms with E-state index in [1.165, 1.54) is 0 Å². The number of aromatic amines is 2. The van der Waals surface area contributed by atoms with Gasteiger partial charge in [0.1, 0.15) is 11.6 Å². The van der Waals surface area contributed by atoms with Crippen molar-refractivity contribution in [2.75, 3.05) is 5.32 Å². The molecule has 0 aliphatic heterocycles. The number of hydrogen-bond donors (Lipinski definition) is 3. The van der Waals surface area contributed by atoms with Gasteiger partial charge in [0, 0.05) is 5.56 Å². The maximum atomic E-state index is 11.7. The second-order valence-electron chi connectivity index (χ2n) is 3.32. The lowest BCUT2D eigenvalue weighted by Gasteiger charge is -2.00. The van der Waals surface area contributed by atoms with Gasteiger partial charge in [-0.1, -0.05) is 6.92 Å². The lowest BCUT2D eigenvalue weighted by atomic mass is 10.2. The van der Waals surface area contributed by atoms with Gasteiger partial charge in [0.15, 0.2) is 0 Å². The van der Waals surface area contributed by atoms with E-state index in [4.69, 9.17) is 0 Å². The van der Waals surface area contributed by atoms with Crippen molar-refractivity contribution in [3.05, 3.63) is 23.4 Å². The molecular weight excluding hydrogens is 208 g/mol. The first-order valence-electron chi connectivity index (χ1n) is 4.93. The van der Waals surface area contributed by atoms with E-state index in [0.717, 1.165) is 12.0 Å². The van der Waals surface area contributed by atoms with Crippen LogP contribution in [-0.4, -0.2) is 31.3 Å². The molecule has 1 amide bonds. The molecule has 0 saturated carbocycles. The van der Waals surface area contributed by atoms with Gasteiger partial charge in [0.05, 0.1) is 6.20 Å². The summed E-state index contributed by atoms with van der Waals surface area (Å²) in [6.07, 6.45) is 2.47. The predicted molar refractivity (Wildman–Crippen MR) is 57.0 cm³/mol. The maximum Gasteiger partial charge on any atom is 0.296 e. The molecule has 7 heteroatoms. The predicted octanol–water partition coefficient (Wildman–Crippen LogP) is 0.651. The van der Waals surface area contributed by atoms with E-state index < -0.39 is 0 Å². The van der Waals surface area contributed by atoms with Crippen molar-refractivity contribution in [2.24, 2.45) is 0 Å². The Bertz CT molecular complexity index is 500. The third kappa shape index (κ3) is 1.92. The van der Waals surface area contributed by atoms with Crippen LogP contribution in [0.25, 0.3) is 0 Å². The highest BCUT2D eigenvalue weighted by molar-refractivity contribution is 6.01. The zero-order valence-electron chi connectivity index (χ0n) is 9.03. The zero-order chi connectivity index (χ0) is 11.5. The van der Waals surface area contributed by atoms with Crippen LogP contribution >= 0.6 is 0 Å². The summed E-state index contributed by atoms with van der Waals surface area (Å²) in [5, 5.41) is 15.6. The van der Waals surface area contributed by atoms with Crippen LogP contribution in [0.4, 0.5) is 5.82 Å². The molecule has 16 heavy (non-hydrogen) atoms. The summed E-state index contributed by atoms with van der Waals surface area (Å²) in [4.78, 5) is 15.6. The van der Waals surface area contributed by atoms with Crippen LogP contribution in [0, 0.1) is 6.92 Å². The van der Waals surface area contributed by atoms with Crippen LogP contribution in [0.2, 0.25) is 0 Å². The van der Waals surface area contributed by atoms with Crippen molar-refractivity contribution in [1.82, 2.24) is 25.4 Å². The topological polar surface area (TPSA) is 99.4 Å². The lowest BCUT2D eigenvalue weighted by molar-refractivity contribution is 0.101. The lowest BCUT2D eigenvalue weighted by Crippen LogP contribution is -2.15. The fraction of sp³-hybridized carbons (Fsp3) is 0.333. The smallest absolute Gasteiger partial charge is 0.296 e. The van der Waals surface area contributed by atoms with Crippen molar-refractivity contribution >= 4 is 11.7 Å². The van der Waals surface area contributed by atoms with Gasteiger partial charge in [0.2, 0.25) is 5.82 Å². The molecule has 0 bridgehead atoms. The summed E-state index contributed by atoms with van der Waals surface area (Å²) in [5.74, 6) is 0.956. The zero-order valence-corrected chi connectivity index (χ0v) is 9.03. The van der Waals surface area contributed by atoms with Crippen LogP contribution in [0.5, 0.6) is 0 Å². The van der Waals surface area contributed by atoms with E-state index >= 15 is 0 Å². The van der Waals surface area contributed by atoms with Gasteiger partial charge >= 0.3 is 0 Å². The number of anilines is 1. The molecule has 3 N–H and O–H groups in total. The number of amides is 1. The third-order valence-electron chi connectivity index (χ3n) is 2.14. The number of H-pyrrole nitrogens is 2. The van der Waals surface area contributed by atoms with Gasteiger partial charge in [-0.2, -0.15) is 5.10 Å². The highest BCUT2D eigenvalue weighted by atomic mass is 16.2. The van der Waals surface area contributed by atoms with Gasteiger partial charge in [0.25, 0.3) is 5.91 Å². The molecule has 2 rings (SSSR count). The minimum Gasteiger partial charge on any atom is -0.304 e. The Morgan fingerprint density at radius 1 is 1.50 bits per heavy atom. The second kappa shape index (κ2) is 4.13. The van der Waals surface area contributed by atoms with Crippen LogP contribution in [0.3, 0.4) is 0 Å². The molecule has 0 atom stereocenters. The van der Waals surface area contributed by atoms with Gasteiger partial charge < -0.3 is 5.32 Å². The number of aryl methyl sites for hydroxylation is 2. The van der Waals surface area contributed by atoms with Gasteiger partial charge in [-0.3, -0.25) is 15.0 Å². The van der Waals surface area contributed by atoms with Crippen molar-refractivity contribution in [3.8, 4) is 0 Å². The molecule has 2 heterocycles. The quantitative estimate of drug-likeness (QED) is 0.707. The summed E-state index contributed by atoms with van der Waals surface area (Å²) >= 11 is 0. The van der Waals surface area contributed by atoms with Crippen LogP contribution in [0.15, 0.2) is 6.20 Å². The Hall–Kier alpha value is -2.18. The van der Waals surface area contributed by atoms with Gasteiger partial charge in [-0.15, -0.1) is 5.10 Å². The summed E-state index contributed by atoms with van der Waals surface area (Å²) in [5.41, 5.74) is 0.945. The highest BCUT2D eigenvalue weighted by Crippen LogP contribution is 2.11. The number of nitrogens with zero attached hydrogens (tertiary/aromatic N) is 3. The van der Waals surface area contributed by atoms with E-state index in [2.05, 4.69) is 30.7 Å².